The Morgan fingerprint density at radius 2 is 2.00 bits per heavy atom. The van der Waals surface area contributed by atoms with Crippen molar-refractivity contribution < 1.29 is 9.00 Å². The fourth-order valence-electron chi connectivity index (χ4n) is 2.87. The molecule has 0 spiro atoms. The number of nitrogens with one attached hydrogen (secondary N) is 1. The molecule has 1 atom stereocenters. The van der Waals surface area contributed by atoms with Crippen LogP contribution in [-0.4, -0.2) is 19.9 Å². The summed E-state index contributed by atoms with van der Waals surface area (Å²) in [7, 11) is -0.986. The second kappa shape index (κ2) is 7.13. The Balaban J connectivity index is 1.78. The molecule has 1 aliphatic rings. The molecule has 0 fully saturated rings. The van der Waals surface area contributed by atoms with E-state index < -0.39 is 10.8 Å². The van der Waals surface area contributed by atoms with Crippen LogP contribution in [0.2, 0.25) is 5.02 Å². The molecule has 1 N–H and O–H groups in total. The zero-order valence-corrected chi connectivity index (χ0v) is 17.1. The summed E-state index contributed by atoms with van der Waals surface area (Å²) in [5, 5.41) is 8.12. The minimum atomic E-state index is -0.986. The van der Waals surface area contributed by atoms with Gasteiger partial charge in [0, 0.05) is 25.0 Å². The molecule has 132 valence electrons. The number of benzene rings is 2. The maximum Gasteiger partial charge on any atom is 0.257 e. The maximum atomic E-state index is 12.8. The third-order valence-electron chi connectivity index (χ3n) is 4.07. The zero-order chi connectivity index (χ0) is 18.3. The number of aromatic nitrogens is 2. The average Bonchev–Trinajstić information content (AvgIpc) is 3.12. The topological polar surface area (TPSA) is 64.0 Å². The van der Waals surface area contributed by atoms with Crippen molar-refractivity contribution in [2.45, 2.75) is 11.5 Å². The summed E-state index contributed by atoms with van der Waals surface area (Å²) < 4.78 is 14.5. The Bertz CT molecular complexity index is 1050. The van der Waals surface area contributed by atoms with Crippen molar-refractivity contribution in [3.63, 3.8) is 0 Å². The maximum absolute atomic E-state index is 12.8. The number of nitrogens with zero attached hydrogens (tertiary/aromatic N) is 2. The van der Waals surface area contributed by atoms with Crippen LogP contribution < -0.4 is 5.32 Å². The van der Waals surface area contributed by atoms with E-state index in [1.807, 2.05) is 30.3 Å². The summed E-state index contributed by atoms with van der Waals surface area (Å²) >= 11 is 8.24. The number of rotatable bonds is 3. The molecular formula is C18H13ClIN3O2S. The molecule has 0 saturated carbocycles. The van der Waals surface area contributed by atoms with Gasteiger partial charge in [0.25, 0.3) is 5.91 Å². The highest BCUT2D eigenvalue weighted by Gasteiger charge is 2.28. The van der Waals surface area contributed by atoms with Gasteiger partial charge in [0.05, 0.1) is 28.5 Å². The van der Waals surface area contributed by atoms with Gasteiger partial charge in [-0.25, -0.2) is 4.68 Å². The lowest BCUT2D eigenvalue weighted by Crippen LogP contribution is -2.17. The molecule has 0 radical (unpaired) electrons. The van der Waals surface area contributed by atoms with Crippen molar-refractivity contribution in [3.8, 4) is 5.69 Å². The number of hydrogen-bond acceptors (Lipinski definition) is 3. The Morgan fingerprint density at radius 3 is 2.77 bits per heavy atom. The molecule has 2 aromatic carbocycles. The third-order valence-corrected chi connectivity index (χ3v) is 6.45. The van der Waals surface area contributed by atoms with Crippen LogP contribution in [-0.2, 0) is 22.3 Å². The van der Waals surface area contributed by atoms with Crippen LogP contribution in [0.25, 0.3) is 5.69 Å². The highest BCUT2D eigenvalue weighted by Crippen LogP contribution is 2.32. The van der Waals surface area contributed by atoms with E-state index in [1.54, 1.807) is 22.9 Å². The molecule has 1 aliphatic heterocycles. The number of carbonyl (C=O) groups is 1. The van der Waals surface area contributed by atoms with Gasteiger partial charge in [-0.05, 0) is 52.9 Å². The van der Waals surface area contributed by atoms with Gasteiger partial charge in [-0.2, -0.15) is 5.10 Å². The number of amides is 1. The van der Waals surface area contributed by atoms with Crippen molar-refractivity contribution in [1.82, 2.24) is 9.78 Å². The highest BCUT2D eigenvalue weighted by molar-refractivity contribution is 14.1. The fourth-order valence-corrected chi connectivity index (χ4v) is 4.95. The van der Waals surface area contributed by atoms with Crippen LogP contribution in [0.4, 0.5) is 5.82 Å². The summed E-state index contributed by atoms with van der Waals surface area (Å²) in [4.78, 5) is 12.8. The first-order valence-corrected chi connectivity index (χ1v) is 10.7. The van der Waals surface area contributed by atoms with Gasteiger partial charge in [-0.3, -0.25) is 9.00 Å². The van der Waals surface area contributed by atoms with Gasteiger partial charge >= 0.3 is 0 Å². The second-order valence-corrected chi connectivity index (χ2v) is 8.88. The molecule has 0 aliphatic carbocycles. The molecule has 26 heavy (non-hydrogen) atoms. The SMILES string of the molecule is O=C(Nc1c2c(nn1-c1cccc(Cl)c1)CS(=O)C2)c1ccccc1I. The van der Waals surface area contributed by atoms with E-state index in [4.69, 9.17) is 11.6 Å². The van der Waals surface area contributed by atoms with Crippen LogP contribution in [0.3, 0.4) is 0 Å². The second-order valence-electron chi connectivity index (χ2n) is 5.83. The summed E-state index contributed by atoms with van der Waals surface area (Å²) in [5.74, 6) is 1.11. The normalized spacial score (nSPS) is 15.7. The largest absolute Gasteiger partial charge is 0.306 e. The molecule has 2 heterocycles. The fraction of sp³-hybridized carbons (Fsp3) is 0.111. The van der Waals surface area contributed by atoms with Crippen molar-refractivity contribution in [1.29, 1.82) is 0 Å². The van der Waals surface area contributed by atoms with Crippen molar-refractivity contribution >= 4 is 56.7 Å². The minimum Gasteiger partial charge on any atom is -0.306 e. The molecule has 1 amide bonds. The lowest BCUT2D eigenvalue weighted by atomic mass is 10.2. The first kappa shape index (κ1) is 17.7. The first-order valence-electron chi connectivity index (χ1n) is 7.80. The van der Waals surface area contributed by atoms with Gasteiger partial charge in [-0.15, -0.1) is 0 Å². The molecule has 4 rings (SSSR count). The van der Waals surface area contributed by atoms with Gasteiger partial charge in [0.15, 0.2) is 0 Å². The molecule has 0 saturated heterocycles. The Hall–Kier alpha value is -1.71. The Morgan fingerprint density at radius 1 is 1.19 bits per heavy atom. The van der Waals surface area contributed by atoms with Gasteiger partial charge < -0.3 is 5.32 Å². The lowest BCUT2D eigenvalue weighted by Gasteiger charge is -2.12. The number of anilines is 1. The van der Waals surface area contributed by atoms with E-state index in [1.165, 1.54) is 0 Å². The molecule has 1 unspecified atom stereocenters. The van der Waals surface area contributed by atoms with Crippen molar-refractivity contribution in [3.05, 3.63) is 73.9 Å². The Kier molecular flexibility index (Phi) is 4.85. The van der Waals surface area contributed by atoms with Gasteiger partial charge in [0.1, 0.15) is 5.82 Å². The number of halogens is 2. The number of hydrogen-bond donors (Lipinski definition) is 1. The van der Waals surface area contributed by atoms with Crippen LogP contribution in [0.5, 0.6) is 0 Å². The summed E-state index contributed by atoms with van der Waals surface area (Å²) in [6, 6.07) is 14.6. The molecule has 0 bridgehead atoms. The quantitative estimate of drug-likeness (QED) is 0.553. The average molecular weight is 498 g/mol. The molecule has 3 aromatic rings. The first-order chi connectivity index (χ1) is 12.5. The third kappa shape index (κ3) is 3.30. The predicted octanol–water partition coefficient (Wildman–Crippen LogP) is 4.14. The molecule has 5 nitrogen and oxygen atoms in total. The monoisotopic (exact) mass is 497 g/mol. The van der Waals surface area contributed by atoms with Crippen molar-refractivity contribution in [2.24, 2.45) is 0 Å². The van der Waals surface area contributed by atoms with Crippen LogP contribution in [0.15, 0.2) is 48.5 Å². The van der Waals surface area contributed by atoms with Gasteiger partial charge in [0.2, 0.25) is 0 Å². The van der Waals surface area contributed by atoms with E-state index in [-0.39, 0.29) is 5.91 Å². The summed E-state index contributed by atoms with van der Waals surface area (Å²) in [6.07, 6.45) is 0. The minimum absolute atomic E-state index is 0.223. The standard InChI is InChI=1S/C18H13ClIN3O2S/c19-11-4-3-5-12(8-11)23-17(14-9-26(25)10-16(14)22-23)21-18(24)13-6-1-2-7-15(13)20/h1-8H,9-10H2,(H,21,24). The Labute approximate surface area is 171 Å². The molecule has 1 aromatic heterocycles. The van der Waals surface area contributed by atoms with E-state index in [9.17, 15) is 9.00 Å². The van der Waals surface area contributed by atoms with Crippen molar-refractivity contribution in [2.75, 3.05) is 5.32 Å². The van der Waals surface area contributed by atoms with E-state index in [2.05, 4.69) is 33.0 Å². The van der Waals surface area contributed by atoms with Gasteiger partial charge in [-0.1, -0.05) is 29.8 Å². The van der Waals surface area contributed by atoms with E-state index in [0.29, 0.717) is 27.9 Å². The molecular weight excluding hydrogens is 485 g/mol. The zero-order valence-electron chi connectivity index (χ0n) is 13.4. The molecule has 8 heteroatoms. The van der Waals surface area contributed by atoms with E-state index in [0.717, 1.165) is 20.5 Å². The number of fused-ring (bicyclic) bond motifs is 1. The van der Waals surface area contributed by atoms with Crippen LogP contribution in [0, 0.1) is 3.57 Å². The smallest absolute Gasteiger partial charge is 0.257 e. The predicted molar refractivity (Wildman–Crippen MR) is 111 cm³/mol. The summed E-state index contributed by atoms with van der Waals surface area (Å²) in [6.45, 7) is 0. The summed E-state index contributed by atoms with van der Waals surface area (Å²) in [5.41, 5.74) is 2.90. The van der Waals surface area contributed by atoms with Crippen LogP contribution in [0.1, 0.15) is 21.6 Å². The lowest BCUT2D eigenvalue weighted by molar-refractivity contribution is 0.102. The van der Waals surface area contributed by atoms with E-state index >= 15 is 0 Å². The van der Waals surface area contributed by atoms with Crippen LogP contribution >= 0.6 is 34.2 Å². The highest BCUT2D eigenvalue weighted by atomic mass is 127. The number of carbonyl (C=O) groups excluding carboxylic acids is 1.